The van der Waals surface area contributed by atoms with Crippen LogP contribution in [0.2, 0.25) is 0 Å². The molecule has 0 bridgehead atoms. The van der Waals surface area contributed by atoms with Gasteiger partial charge in [-0.3, -0.25) is 4.79 Å². The molecule has 3 aromatic rings. The molecule has 1 amide bonds. The van der Waals surface area contributed by atoms with E-state index in [1.807, 2.05) is 0 Å². The molecular weight excluding hydrogens is 320 g/mol. The number of anilines is 2. The number of carbonyl (C=O) groups is 2. The Labute approximate surface area is 143 Å². The molecule has 0 aliphatic carbocycles. The second-order valence-electron chi connectivity index (χ2n) is 5.42. The highest BCUT2D eigenvalue weighted by Gasteiger charge is 2.18. The maximum atomic E-state index is 12.7. The van der Waals surface area contributed by atoms with Gasteiger partial charge in [-0.15, -0.1) is 0 Å². The normalized spacial score (nSPS) is 10.4. The minimum absolute atomic E-state index is 0.0321. The molecule has 25 heavy (non-hydrogen) atoms. The van der Waals surface area contributed by atoms with Gasteiger partial charge in [0.05, 0.1) is 12.7 Å². The molecule has 6 heteroatoms. The zero-order valence-corrected chi connectivity index (χ0v) is 13.4. The third-order valence-corrected chi connectivity index (χ3v) is 3.90. The summed E-state index contributed by atoms with van der Waals surface area (Å²) in [5, 5.41) is 13.1. The topological polar surface area (TPSA) is 102 Å². The van der Waals surface area contributed by atoms with E-state index in [1.54, 1.807) is 49.6 Å². The summed E-state index contributed by atoms with van der Waals surface area (Å²) in [6.07, 6.45) is 0. The fraction of sp³-hybridized carbons (Fsp3) is 0.0526. The summed E-state index contributed by atoms with van der Waals surface area (Å²) in [5.41, 5.74) is 7.21. The lowest BCUT2D eigenvalue weighted by Crippen LogP contribution is -2.14. The molecule has 3 rings (SSSR count). The maximum Gasteiger partial charge on any atom is 0.336 e. The van der Waals surface area contributed by atoms with Gasteiger partial charge in [0, 0.05) is 27.7 Å². The van der Waals surface area contributed by atoms with E-state index in [2.05, 4.69) is 5.32 Å². The van der Waals surface area contributed by atoms with E-state index in [-0.39, 0.29) is 11.1 Å². The van der Waals surface area contributed by atoms with Crippen LogP contribution in [-0.4, -0.2) is 24.1 Å². The highest BCUT2D eigenvalue weighted by atomic mass is 16.5. The number of rotatable bonds is 4. The number of amides is 1. The number of hydrogen-bond donors (Lipinski definition) is 3. The maximum absolute atomic E-state index is 12.7. The van der Waals surface area contributed by atoms with Crippen molar-refractivity contribution >= 4 is 34.0 Å². The number of carboxylic acid groups (broad SMARTS) is 1. The van der Waals surface area contributed by atoms with E-state index in [1.165, 1.54) is 12.1 Å². The average molecular weight is 336 g/mol. The number of nitrogens with one attached hydrogen (secondary N) is 1. The summed E-state index contributed by atoms with van der Waals surface area (Å²) in [7, 11) is 1.56. The molecule has 4 N–H and O–H groups in total. The van der Waals surface area contributed by atoms with Gasteiger partial charge < -0.3 is 20.9 Å². The summed E-state index contributed by atoms with van der Waals surface area (Å²) in [6.45, 7) is 0. The predicted molar refractivity (Wildman–Crippen MR) is 96.3 cm³/mol. The Morgan fingerprint density at radius 2 is 1.72 bits per heavy atom. The van der Waals surface area contributed by atoms with E-state index >= 15 is 0 Å². The van der Waals surface area contributed by atoms with Gasteiger partial charge in [0.1, 0.15) is 5.75 Å². The zero-order valence-electron chi connectivity index (χ0n) is 13.4. The van der Waals surface area contributed by atoms with Crippen LogP contribution in [0.15, 0.2) is 54.6 Å². The van der Waals surface area contributed by atoms with Gasteiger partial charge in [0.25, 0.3) is 5.91 Å². The van der Waals surface area contributed by atoms with Crippen LogP contribution in [0.1, 0.15) is 20.7 Å². The summed E-state index contributed by atoms with van der Waals surface area (Å²) in [6, 6.07) is 14.7. The van der Waals surface area contributed by atoms with E-state index in [0.717, 1.165) is 0 Å². The largest absolute Gasteiger partial charge is 0.497 e. The molecule has 0 aliphatic rings. The first-order valence-corrected chi connectivity index (χ1v) is 7.51. The third-order valence-electron chi connectivity index (χ3n) is 3.90. The van der Waals surface area contributed by atoms with Crippen LogP contribution in [0.5, 0.6) is 5.75 Å². The smallest absolute Gasteiger partial charge is 0.336 e. The van der Waals surface area contributed by atoms with Crippen molar-refractivity contribution in [2.75, 3.05) is 18.2 Å². The number of fused-ring (bicyclic) bond motifs is 1. The monoisotopic (exact) mass is 336 g/mol. The van der Waals surface area contributed by atoms with Gasteiger partial charge in [0.2, 0.25) is 0 Å². The van der Waals surface area contributed by atoms with Gasteiger partial charge in [-0.1, -0.05) is 12.1 Å². The Hall–Kier alpha value is -3.54. The number of nitrogen functional groups attached to an aromatic ring is 1. The van der Waals surface area contributed by atoms with Gasteiger partial charge in [-0.05, 0) is 42.5 Å². The second-order valence-corrected chi connectivity index (χ2v) is 5.42. The average Bonchev–Trinajstić information content (AvgIpc) is 2.62. The predicted octanol–water partition coefficient (Wildman–Crippen LogP) is 3.38. The van der Waals surface area contributed by atoms with Crippen molar-refractivity contribution in [1.29, 1.82) is 0 Å². The lowest BCUT2D eigenvalue weighted by molar-refractivity contribution is 0.0699. The van der Waals surface area contributed by atoms with Crippen molar-refractivity contribution in [2.45, 2.75) is 0 Å². The van der Waals surface area contributed by atoms with E-state index in [4.69, 9.17) is 10.5 Å². The SMILES string of the molecule is COc1ccc(NC(=O)c2ccc(N)c3cccc(C(=O)O)c23)cc1. The molecule has 0 spiro atoms. The van der Waals surface area contributed by atoms with E-state index < -0.39 is 11.9 Å². The number of carbonyl (C=O) groups excluding carboxylic acids is 1. The van der Waals surface area contributed by atoms with Gasteiger partial charge in [0.15, 0.2) is 0 Å². The van der Waals surface area contributed by atoms with Crippen LogP contribution in [0.3, 0.4) is 0 Å². The molecule has 0 aromatic heterocycles. The third kappa shape index (κ3) is 3.10. The Morgan fingerprint density at radius 1 is 1.00 bits per heavy atom. The Balaban J connectivity index is 2.06. The number of aromatic carboxylic acids is 1. The van der Waals surface area contributed by atoms with Crippen molar-refractivity contribution in [3.8, 4) is 5.75 Å². The number of ether oxygens (including phenoxy) is 1. The van der Waals surface area contributed by atoms with E-state index in [0.29, 0.717) is 27.9 Å². The van der Waals surface area contributed by atoms with Crippen molar-refractivity contribution in [3.05, 3.63) is 65.7 Å². The Kier molecular flexibility index (Phi) is 4.26. The molecule has 0 saturated carbocycles. The Bertz CT molecular complexity index is 965. The second kappa shape index (κ2) is 6.52. The molecule has 0 atom stereocenters. The number of nitrogens with two attached hydrogens (primary N) is 1. The van der Waals surface area contributed by atoms with Crippen LogP contribution in [0.25, 0.3) is 10.8 Å². The zero-order chi connectivity index (χ0) is 18.0. The first kappa shape index (κ1) is 16.3. The fourth-order valence-corrected chi connectivity index (χ4v) is 2.67. The quantitative estimate of drug-likeness (QED) is 0.634. The van der Waals surface area contributed by atoms with Crippen molar-refractivity contribution in [3.63, 3.8) is 0 Å². The molecule has 6 nitrogen and oxygen atoms in total. The molecule has 0 fully saturated rings. The highest BCUT2D eigenvalue weighted by molar-refractivity contribution is 6.19. The van der Waals surface area contributed by atoms with Gasteiger partial charge in [-0.2, -0.15) is 0 Å². The number of methoxy groups -OCH3 is 1. The van der Waals surface area contributed by atoms with Crippen LogP contribution in [-0.2, 0) is 0 Å². The van der Waals surface area contributed by atoms with Gasteiger partial charge >= 0.3 is 5.97 Å². The lowest BCUT2D eigenvalue weighted by atomic mass is 9.97. The van der Waals surface area contributed by atoms with Crippen LogP contribution >= 0.6 is 0 Å². The van der Waals surface area contributed by atoms with Crippen molar-refractivity contribution in [2.24, 2.45) is 0 Å². The summed E-state index contributed by atoms with van der Waals surface area (Å²) < 4.78 is 5.08. The molecule has 0 radical (unpaired) electrons. The fourth-order valence-electron chi connectivity index (χ4n) is 2.67. The van der Waals surface area contributed by atoms with Crippen molar-refractivity contribution < 1.29 is 19.4 Å². The first-order valence-electron chi connectivity index (χ1n) is 7.51. The number of carboxylic acids is 1. The number of hydrogen-bond acceptors (Lipinski definition) is 4. The molecule has 0 unspecified atom stereocenters. The van der Waals surface area contributed by atoms with Gasteiger partial charge in [-0.25, -0.2) is 4.79 Å². The molecule has 3 aromatic carbocycles. The summed E-state index contributed by atoms with van der Waals surface area (Å²) in [4.78, 5) is 24.2. The first-order chi connectivity index (χ1) is 12.0. The van der Waals surface area contributed by atoms with Crippen molar-refractivity contribution in [1.82, 2.24) is 0 Å². The van der Waals surface area contributed by atoms with E-state index in [9.17, 15) is 14.7 Å². The minimum atomic E-state index is -1.12. The molecule has 0 heterocycles. The van der Waals surface area contributed by atoms with Crippen LogP contribution < -0.4 is 15.8 Å². The summed E-state index contributed by atoms with van der Waals surface area (Å²) >= 11 is 0. The summed E-state index contributed by atoms with van der Waals surface area (Å²) in [5.74, 6) is -0.859. The van der Waals surface area contributed by atoms with Crippen LogP contribution in [0, 0.1) is 0 Å². The highest BCUT2D eigenvalue weighted by Crippen LogP contribution is 2.29. The standard InChI is InChI=1S/C19H16N2O4/c1-25-12-7-5-11(6-8-12)21-18(22)14-9-10-16(20)13-3-2-4-15(17(13)14)19(23)24/h2-10H,20H2,1H3,(H,21,22)(H,23,24). The minimum Gasteiger partial charge on any atom is -0.497 e. The molecular formula is C19H16N2O4. The molecule has 126 valence electrons. The van der Waals surface area contributed by atoms with Crippen LogP contribution in [0.4, 0.5) is 11.4 Å². The number of benzene rings is 3. The Morgan fingerprint density at radius 3 is 2.36 bits per heavy atom. The lowest BCUT2D eigenvalue weighted by Gasteiger charge is -2.12. The molecule has 0 aliphatic heterocycles. The molecule has 0 saturated heterocycles.